The summed E-state index contributed by atoms with van der Waals surface area (Å²) in [4.78, 5) is 15.4. The Balaban J connectivity index is 1.73. The molecule has 6 heteroatoms. The van der Waals surface area contributed by atoms with Gasteiger partial charge in [-0.25, -0.2) is 4.39 Å². The third-order valence-corrected chi connectivity index (χ3v) is 3.52. The summed E-state index contributed by atoms with van der Waals surface area (Å²) in [6, 6.07) is 3.18. The molecule has 0 aliphatic rings. The number of hydrogen-bond donors (Lipinski definition) is 2. The van der Waals surface area contributed by atoms with E-state index in [2.05, 4.69) is 10.3 Å². The third kappa shape index (κ3) is 4.40. The van der Waals surface area contributed by atoms with Crippen LogP contribution in [-0.2, 0) is 11.2 Å². The number of rotatable bonds is 6. The molecule has 4 nitrogen and oxygen atoms in total. The maximum absolute atomic E-state index is 12.9. The number of carbonyl (C=O) groups excluding carboxylic acids is 1. The van der Waals surface area contributed by atoms with E-state index in [0.29, 0.717) is 12.0 Å². The van der Waals surface area contributed by atoms with Crippen molar-refractivity contribution in [3.63, 3.8) is 0 Å². The molecule has 0 aliphatic heterocycles. The molecule has 2 heterocycles. The van der Waals surface area contributed by atoms with Gasteiger partial charge in [0.05, 0.1) is 12.3 Å². The van der Waals surface area contributed by atoms with Crippen LogP contribution >= 0.6 is 11.3 Å². The van der Waals surface area contributed by atoms with Crippen molar-refractivity contribution in [1.82, 2.24) is 10.3 Å². The fraction of sp³-hybridized carbons (Fsp3) is 0.286. The summed E-state index contributed by atoms with van der Waals surface area (Å²) in [7, 11) is 0. The van der Waals surface area contributed by atoms with Gasteiger partial charge in [0, 0.05) is 19.2 Å². The predicted molar refractivity (Wildman–Crippen MR) is 74.8 cm³/mol. The highest BCUT2D eigenvalue weighted by Crippen LogP contribution is 2.15. The number of aliphatic hydroxyl groups excluding tert-OH is 1. The number of nitrogens with zero attached hydrogens (tertiary/aromatic N) is 1. The van der Waals surface area contributed by atoms with E-state index >= 15 is 0 Å². The van der Waals surface area contributed by atoms with Crippen LogP contribution in [0.1, 0.15) is 23.7 Å². The second kappa shape index (κ2) is 7.12. The zero-order valence-electron chi connectivity index (χ0n) is 10.8. The van der Waals surface area contributed by atoms with Gasteiger partial charge in [-0.3, -0.25) is 9.78 Å². The Bertz CT molecular complexity index is 560. The molecule has 0 aliphatic carbocycles. The molecule has 0 saturated carbocycles. The van der Waals surface area contributed by atoms with Crippen molar-refractivity contribution in [3.05, 3.63) is 52.2 Å². The number of aliphatic hydroxyl groups is 1. The van der Waals surface area contributed by atoms with Crippen LogP contribution in [0.15, 0.2) is 35.3 Å². The quantitative estimate of drug-likeness (QED) is 0.857. The Morgan fingerprint density at radius 3 is 3.05 bits per heavy atom. The number of amides is 1. The first-order valence-electron chi connectivity index (χ1n) is 6.21. The highest BCUT2D eigenvalue weighted by Gasteiger charge is 2.10. The van der Waals surface area contributed by atoms with Crippen LogP contribution < -0.4 is 5.32 Å². The van der Waals surface area contributed by atoms with Crippen LogP contribution in [0.5, 0.6) is 0 Å². The molecular formula is C14H15FN2O2S. The molecule has 2 N–H and O–H groups in total. The molecule has 0 radical (unpaired) electrons. The van der Waals surface area contributed by atoms with Crippen LogP contribution in [0.25, 0.3) is 0 Å². The summed E-state index contributed by atoms with van der Waals surface area (Å²) < 4.78 is 12.9. The first kappa shape index (κ1) is 14.6. The molecule has 2 rings (SSSR count). The van der Waals surface area contributed by atoms with Gasteiger partial charge in [-0.1, -0.05) is 0 Å². The van der Waals surface area contributed by atoms with Crippen LogP contribution in [0, 0.1) is 5.82 Å². The normalized spacial score (nSPS) is 12.1. The summed E-state index contributed by atoms with van der Waals surface area (Å²) in [5.41, 5.74) is 1.48. The van der Waals surface area contributed by atoms with E-state index in [4.69, 9.17) is 0 Å². The fourth-order valence-electron chi connectivity index (χ4n) is 1.73. The highest BCUT2D eigenvalue weighted by molar-refractivity contribution is 7.07. The van der Waals surface area contributed by atoms with E-state index < -0.39 is 11.9 Å². The standard InChI is InChI=1S/C14H15FN2O2S/c15-12-5-10(6-16-7-12)1-2-14(19)17-8-13(18)11-3-4-20-9-11/h3-7,9,13,18H,1-2,8H2,(H,17,19). The average Bonchev–Trinajstić information content (AvgIpc) is 2.97. The summed E-state index contributed by atoms with van der Waals surface area (Å²) in [5, 5.41) is 16.2. The van der Waals surface area contributed by atoms with Crippen molar-refractivity contribution < 1.29 is 14.3 Å². The Kier molecular flexibility index (Phi) is 5.20. The van der Waals surface area contributed by atoms with E-state index in [1.54, 1.807) is 0 Å². The molecule has 0 spiro atoms. The van der Waals surface area contributed by atoms with Gasteiger partial charge in [-0.15, -0.1) is 0 Å². The fourth-order valence-corrected chi connectivity index (χ4v) is 2.44. The van der Waals surface area contributed by atoms with Crippen LogP contribution in [-0.4, -0.2) is 22.5 Å². The number of carbonyl (C=O) groups is 1. The van der Waals surface area contributed by atoms with Gasteiger partial charge < -0.3 is 10.4 Å². The van der Waals surface area contributed by atoms with Gasteiger partial charge in [0.1, 0.15) is 5.82 Å². The van der Waals surface area contributed by atoms with Crippen molar-refractivity contribution in [2.24, 2.45) is 0 Å². The summed E-state index contributed by atoms with van der Waals surface area (Å²) in [6.45, 7) is 0.178. The average molecular weight is 294 g/mol. The molecule has 0 aromatic carbocycles. The van der Waals surface area contributed by atoms with Gasteiger partial charge in [0.2, 0.25) is 5.91 Å². The largest absolute Gasteiger partial charge is 0.387 e. The third-order valence-electron chi connectivity index (χ3n) is 2.82. The van der Waals surface area contributed by atoms with E-state index in [1.165, 1.54) is 23.6 Å². The monoisotopic (exact) mass is 294 g/mol. The lowest BCUT2D eigenvalue weighted by Gasteiger charge is -2.10. The lowest BCUT2D eigenvalue weighted by atomic mass is 10.1. The molecule has 2 aromatic heterocycles. The summed E-state index contributed by atoms with van der Waals surface area (Å²) >= 11 is 1.50. The molecular weight excluding hydrogens is 279 g/mol. The topological polar surface area (TPSA) is 62.2 Å². The van der Waals surface area contributed by atoms with E-state index in [-0.39, 0.29) is 18.9 Å². The molecule has 0 bridgehead atoms. The number of aromatic nitrogens is 1. The Hall–Kier alpha value is -1.79. The van der Waals surface area contributed by atoms with E-state index in [0.717, 1.165) is 11.8 Å². The SMILES string of the molecule is O=C(CCc1cncc(F)c1)NCC(O)c1ccsc1. The number of pyridine rings is 1. The molecule has 106 valence electrons. The zero-order chi connectivity index (χ0) is 14.4. The number of nitrogens with one attached hydrogen (secondary N) is 1. The van der Waals surface area contributed by atoms with Gasteiger partial charge >= 0.3 is 0 Å². The minimum Gasteiger partial charge on any atom is -0.387 e. The smallest absolute Gasteiger partial charge is 0.220 e. The Morgan fingerprint density at radius 1 is 1.50 bits per heavy atom. The van der Waals surface area contributed by atoms with Crippen molar-refractivity contribution in [2.75, 3.05) is 6.54 Å². The number of hydrogen-bond acceptors (Lipinski definition) is 4. The minimum absolute atomic E-state index is 0.177. The van der Waals surface area contributed by atoms with Crippen molar-refractivity contribution in [2.45, 2.75) is 18.9 Å². The molecule has 0 fully saturated rings. The first-order chi connectivity index (χ1) is 9.65. The lowest BCUT2D eigenvalue weighted by Crippen LogP contribution is -2.28. The summed E-state index contributed by atoms with van der Waals surface area (Å²) in [5.74, 6) is -0.584. The number of halogens is 1. The highest BCUT2D eigenvalue weighted by atomic mass is 32.1. The van der Waals surface area contributed by atoms with Gasteiger partial charge in [-0.05, 0) is 40.4 Å². The Morgan fingerprint density at radius 2 is 2.35 bits per heavy atom. The second-order valence-corrected chi connectivity index (χ2v) is 5.17. The zero-order valence-corrected chi connectivity index (χ0v) is 11.6. The molecule has 20 heavy (non-hydrogen) atoms. The molecule has 0 saturated heterocycles. The molecule has 1 amide bonds. The van der Waals surface area contributed by atoms with Gasteiger partial charge in [0.25, 0.3) is 0 Å². The number of aryl methyl sites for hydroxylation is 1. The molecule has 2 aromatic rings. The lowest BCUT2D eigenvalue weighted by molar-refractivity contribution is -0.121. The maximum Gasteiger partial charge on any atom is 0.220 e. The van der Waals surface area contributed by atoms with Crippen LogP contribution in [0.4, 0.5) is 4.39 Å². The molecule has 1 atom stereocenters. The summed E-state index contributed by atoms with van der Waals surface area (Å²) in [6.07, 6.45) is 2.63. The maximum atomic E-state index is 12.9. The second-order valence-electron chi connectivity index (χ2n) is 4.39. The van der Waals surface area contributed by atoms with Crippen molar-refractivity contribution in [1.29, 1.82) is 0 Å². The van der Waals surface area contributed by atoms with Crippen LogP contribution in [0.2, 0.25) is 0 Å². The Labute approximate surface area is 120 Å². The van der Waals surface area contributed by atoms with E-state index in [1.807, 2.05) is 16.8 Å². The first-order valence-corrected chi connectivity index (χ1v) is 7.15. The minimum atomic E-state index is -0.693. The van der Waals surface area contributed by atoms with Crippen LogP contribution in [0.3, 0.4) is 0 Å². The van der Waals surface area contributed by atoms with Gasteiger partial charge in [-0.2, -0.15) is 11.3 Å². The van der Waals surface area contributed by atoms with Gasteiger partial charge in [0.15, 0.2) is 0 Å². The van der Waals surface area contributed by atoms with Crippen molar-refractivity contribution in [3.8, 4) is 0 Å². The van der Waals surface area contributed by atoms with E-state index in [9.17, 15) is 14.3 Å². The predicted octanol–water partition coefficient (Wildman–Crippen LogP) is 2.06. The molecule has 1 unspecified atom stereocenters. The van der Waals surface area contributed by atoms with Crippen molar-refractivity contribution >= 4 is 17.2 Å². The number of thiophene rings is 1.